The molecule has 55 heavy (non-hydrogen) atoms. The summed E-state index contributed by atoms with van der Waals surface area (Å²) in [5.41, 5.74) is 1.87. The molecule has 2 aromatic rings. The number of hydrogen-bond donors (Lipinski definition) is 0. The average molecular weight is 1080 g/mol. The monoisotopic (exact) mass is 1080 g/mol. The summed E-state index contributed by atoms with van der Waals surface area (Å²) < 4.78 is 143. The molecular weight excluding hydrogens is 1050 g/mol. The van der Waals surface area contributed by atoms with E-state index in [1.807, 2.05) is 0 Å². The van der Waals surface area contributed by atoms with E-state index in [4.69, 9.17) is 0 Å². The Labute approximate surface area is 416 Å². The second-order valence-electron chi connectivity index (χ2n) is 13.1. The maximum atomic E-state index is 11.9. The van der Waals surface area contributed by atoms with Crippen LogP contribution in [0, 0.1) is 7.14 Å². The molecule has 0 aliphatic carbocycles. The first-order valence-corrected chi connectivity index (χ1v) is 23.3. The van der Waals surface area contributed by atoms with E-state index in [1.165, 1.54) is 12.1 Å². The van der Waals surface area contributed by atoms with E-state index < -0.39 is 72.6 Å². The van der Waals surface area contributed by atoms with Crippen LogP contribution in [0.5, 0.6) is 0 Å². The molecule has 284 valence electrons. The summed E-state index contributed by atoms with van der Waals surface area (Å²) in [5, 5.41) is 0. The smallest absolute Gasteiger partial charge is 0.748 e. The van der Waals surface area contributed by atoms with Gasteiger partial charge < -0.3 is 23.1 Å². The molecule has 0 aromatic heterocycles. The van der Waals surface area contributed by atoms with Crippen LogP contribution in [0.2, 0.25) is 0 Å². The van der Waals surface area contributed by atoms with Crippen molar-refractivity contribution in [3.63, 3.8) is 0 Å². The van der Waals surface area contributed by atoms with Gasteiger partial charge in [-0.2, -0.15) is 4.58 Å². The predicted molar refractivity (Wildman–Crippen MR) is 207 cm³/mol. The first-order valence-electron chi connectivity index (χ1n) is 15.2. The second kappa shape index (κ2) is 19.8. The van der Waals surface area contributed by atoms with Crippen LogP contribution in [0.3, 0.4) is 0 Å². The predicted octanol–water partition coefficient (Wildman–Crippen LogP) is -5.08. The Morgan fingerprint density at radius 1 is 0.800 bits per heavy atom. The van der Waals surface area contributed by atoms with Crippen LogP contribution in [-0.2, 0) is 51.3 Å². The SMILES string of the molecule is CC(/C=C/C=C1/N(CCS(=O)(=O)[O-])c2ccc(S(=O)(=O)[O-])c([124I])c2C1(C)C)=C\C=C\C1=[N+](CCS(=O)(=O)[O-])c2ccc(S(=O)(=O)[O-])c([123I])c2C1(C)C.[Na+].[Na+].[Na+]. The van der Waals surface area contributed by atoms with Crippen LogP contribution >= 0.6 is 45.2 Å². The van der Waals surface area contributed by atoms with Gasteiger partial charge in [-0.3, -0.25) is 0 Å². The Hall–Kier alpha value is 0.970. The number of benzene rings is 2. The number of hydrogen-bond acceptors (Lipinski definition) is 13. The summed E-state index contributed by atoms with van der Waals surface area (Å²) in [7, 11) is -18.9. The molecule has 0 saturated heterocycles. The Kier molecular flexibility index (Phi) is 19.4. The third-order valence-electron chi connectivity index (χ3n) is 8.76. The number of rotatable bonds is 12. The van der Waals surface area contributed by atoms with Crippen LogP contribution < -0.4 is 93.6 Å². The van der Waals surface area contributed by atoms with Crippen molar-refractivity contribution in [2.24, 2.45) is 0 Å². The van der Waals surface area contributed by atoms with Crippen molar-refractivity contribution in [1.82, 2.24) is 0 Å². The van der Waals surface area contributed by atoms with Crippen LogP contribution in [0.15, 0.2) is 81.8 Å². The molecular formula is C32H33I2N2Na3O12S4. The summed E-state index contributed by atoms with van der Waals surface area (Å²) in [4.78, 5) is 0.781. The zero-order chi connectivity index (χ0) is 39.4. The second-order valence-corrected chi connectivity index (χ2v) is 21.0. The fourth-order valence-corrected chi connectivity index (χ4v) is 12.2. The van der Waals surface area contributed by atoms with Crippen molar-refractivity contribution < 1.29 is 145 Å². The number of halogens is 2. The molecule has 0 amide bonds. The molecule has 2 heterocycles. The fourth-order valence-electron chi connectivity index (χ4n) is 6.43. The molecule has 0 spiro atoms. The van der Waals surface area contributed by atoms with Gasteiger partial charge in [0.2, 0.25) is 5.69 Å². The minimum Gasteiger partial charge on any atom is -0.748 e. The molecule has 4 rings (SSSR count). The largest absolute Gasteiger partial charge is 1.00 e. The molecule has 0 atom stereocenters. The van der Waals surface area contributed by atoms with Crippen molar-refractivity contribution in [1.29, 1.82) is 0 Å². The van der Waals surface area contributed by atoms with E-state index in [0.29, 0.717) is 39.5 Å². The van der Waals surface area contributed by atoms with Gasteiger partial charge in [-0.05, 0) is 90.2 Å². The van der Waals surface area contributed by atoms with Crippen molar-refractivity contribution in [2.45, 2.75) is 55.2 Å². The minimum atomic E-state index is -4.82. The van der Waals surface area contributed by atoms with Gasteiger partial charge in [0.15, 0.2) is 12.3 Å². The molecule has 2 aliphatic heterocycles. The molecule has 0 saturated carbocycles. The van der Waals surface area contributed by atoms with Crippen LogP contribution in [0.4, 0.5) is 11.4 Å². The van der Waals surface area contributed by atoms with Gasteiger partial charge in [0, 0.05) is 48.2 Å². The summed E-state index contributed by atoms with van der Waals surface area (Å²) in [6, 6.07) is 5.15. The third-order valence-corrected chi connectivity index (χ3v) is 14.9. The van der Waals surface area contributed by atoms with Crippen LogP contribution in [-0.4, -0.2) is 86.8 Å². The minimum absolute atomic E-state index is 0. The zero-order valence-electron chi connectivity index (χ0n) is 31.3. The molecule has 0 radical (unpaired) electrons. The van der Waals surface area contributed by atoms with E-state index >= 15 is 0 Å². The number of allylic oxidation sites excluding steroid dienone is 8. The normalized spacial score (nSPS) is 17.6. The molecule has 14 nitrogen and oxygen atoms in total. The zero-order valence-corrected chi connectivity index (χ0v) is 44.9. The van der Waals surface area contributed by atoms with Crippen LogP contribution in [0.25, 0.3) is 0 Å². The third kappa shape index (κ3) is 12.5. The van der Waals surface area contributed by atoms with E-state index in [-0.39, 0.29) is 109 Å². The van der Waals surface area contributed by atoms with Gasteiger partial charge in [-0.25, -0.2) is 33.7 Å². The standard InChI is InChI=1S/C32H36I2N2O12S4.3Na/c1-20(8-6-10-25-31(2,3)27-21(35(25)16-18-49(37,38)39)12-14-23(29(27)33)51(43,44)45)9-7-11-26-32(4,5)28-22(36(26)17-19-50(40,41)42)13-15-24(30(28)34)52(46,47)48;;;/h6-15H,16-19H2,1-5H3,(H3-,37,38,39,40,41,42,43,44,45,46,47,48);;;/q;3*+1/p-3/i33-4,34-3;;;. The summed E-state index contributed by atoms with van der Waals surface area (Å²) in [6.07, 6.45) is 10.2. The Bertz CT molecular complexity index is 2460. The topological polar surface area (TPSA) is 235 Å². The first kappa shape index (κ1) is 54.0. The van der Waals surface area contributed by atoms with Crippen molar-refractivity contribution in [3.8, 4) is 0 Å². The summed E-state index contributed by atoms with van der Waals surface area (Å²) in [6.45, 7) is 8.47. The average Bonchev–Trinajstić information content (AvgIpc) is 3.32. The molecule has 23 heteroatoms. The van der Waals surface area contributed by atoms with Crippen LogP contribution in [0.1, 0.15) is 45.7 Å². The van der Waals surface area contributed by atoms with Crippen molar-refractivity contribution in [2.75, 3.05) is 29.5 Å². The van der Waals surface area contributed by atoms with Gasteiger partial charge in [-0.15, -0.1) is 0 Å². The number of anilines is 1. The van der Waals surface area contributed by atoms with Crippen molar-refractivity contribution >= 4 is 103 Å². The van der Waals surface area contributed by atoms with Gasteiger partial charge >= 0.3 is 88.7 Å². The quantitative estimate of drug-likeness (QED) is 0.0638. The number of nitrogens with zero attached hydrogens (tertiary/aromatic N) is 2. The van der Waals surface area contributed by atoms with E-state index in [1.54, 1.807) is 126 Å². The van der Waals surface area contributed by atoms with Gasteiger partial charge in [0.1, 0.15) is 30.4 Å². The Morgan fingerprint density at radius 2 is 1.35 bits per heavy atom. The van der Waals surface area contributed by atoms with Crippen molar-refractivity contribution in [3.05, 3.63) is 90.3 Å². The molecule has 0 fully saturated rings. The molecule has 2 aromatic carbocycles. The van der Waals surface area contributed by atoms with E-state index in [2.05, 4.69) is 0 Å². The maximum Gasteiger partial charge on any atom is 1.00 e. The molecule has 0 bridgehead atoms. The van der Waals surface area contributed by atoms with Gasteiger partial charge in [-0.1, -0.05) is 43.7 Å². The van der Waals surface area contributed by atoms with E-state index in [9.17, 15) is 51.9 Å². The van der Waals surface area contributed by atoms with E-state index in [0.717, 1.165) is 12.1 Å². The maximum absolute atomic E-state index is 11.9. The summed E-state index contributed by atoms with van der Waals surface area (Å²) in [5.74, 6) is -1.45. The Balaban J connectivity index is 0.00000504. The van der Waals surface area contributed by atoms with Gasteiger partial charge in [0.25, 0.3) is 0 Å². The molecule has 0 unspecified atom stereocenters. The fraction of sp³-hybridized carbons (Fsp3) is 0.344. The summed E-state index contributed by atoms with van der Waals surface area (Å²) >= 11 is 3.56. The molecule has 0 N–H and O–H groups in total. The number of fused-ring (bicyclic) bond motifs is 2. The molecule has 2 aliphatic rings. The Morgan fingerprint density at radius 3 is 1.87 bits per heavy atom. The van der Waals surface area contributed by atoms with Gasteiger partial charge in [0.05, 0.1) is 42.4 Å². The first-order chi connectivity index (χ1) is 23.6.